The zero-order valence-electron chi connectivity index (χ0n) is 10.9. The number of methoxy groups -OCH3 is 1. The Morgan fingerprint density at radius 2 is 2.06 bits per heavy atom. The molecule has 1 aliphatic rings. The fraction of sp³-hybridized carbons (Fsp3) is 0.909. The third-order valence-corrected chi connectivity index (χ3v) is 4.65. The summed E-state index contributed by atoms with van der Waals surface area (Å²) in [4.78, 5) is 11.6. The lowest BCUT2D eigenvalue weighted by Gasteiger charge is -2.23. The molecule has 0 aromatic rings. The molecule has 1 saturated heterocycles. The maximum atomic E-state index is 11.6. The maximum Gasteiger partial charge on any atom is 0.322 e. The number of nitrogens with one attached hydrogen (secondary N) is 1. The summed E-state index contributed by atoms with van der Waals surface area (Å²) in [5.74, 6) is -0.558. The van der Waals surface area contributed by atoms with E-state index in [0.29, 0.717) is 6.42 Å². The number of hydrogen-bond donors (Lipinski definition) is 2. The fourth-order valence-electron chi connectivity index (χ4n) is 2.09. The molecule has 0 saturated carbocycles. The average Bonchev–Trinajstić information content (AvgIpc) is 2.49. The van der Waals surface area contributed by atoms with E-state index in [9.17, 15) is 18.3 Å². The molecule has 0 amide bonds. The largest absolute Gasteiger partial charge is 0.468 e. The Hall–Kier alpha value is -0.660. The first-order valence-corrected chi connectivity index (χ1v) is 7.79. The molecule has 6 nitrogen and oxygen atoms in total. The standard InChI is InChI=1S/C11H21NO5S/c1-7(2)4-8(11(14)17-3)12-9-5-18(15,16)6-10(9)13/h7-10,12-13H,4-6H2,1-3H3. The zero-order valence-corrected chi connectivity index (χ0v) is 11.7. The van der Waals surface area contributed by atoms with E-state index in [0.717, 1.165) is 0 Å². The van der Waals surface area contributed by atoms with Crippen molar-refractivity contribution in [3.8, 4) is 0 Å². The molecule has 0 bridgehead atoms. The highest BCUT2D eigenvalue weighted by molar-refractivity contribution is 7.91. The lowest BCUT2D eigenvalue weighted by Crippen LogP contribution is -2.49. The summed E-state index contributed by atoms with van der Waals surface area (Å²) in [5, 5.41) is 12.6. The van der Waals surface area contributed by atoms with Gasteiger partial charge >= 0.3 is 5.97 Å². The second-order valence-electron chi connectivity index (χ2n) is 5.12. The molecule has 18 heavy (non-hydrogen) atoms. The fourth-order valence-corrected chi connectivity index (χ4v) is 3.85. The summed E-state index contributed by atoms with van der Waals surface area (Å²) >= 11 is 0. The number of ether oxygens (including phenoxy) is 1. The predicted molar refractivity (Wildman–Crippen MR) is 66.8 cm³/mol. The molecular weight excluding hydrogens is 258 g/mol. The molecule has 1 aliphatic heterocycles. The summed E-state index contributed by atoms with van der Waals surface area (Å²) in [7, 11) is -1.92. The molecule has 106 valence electrons. The predicted octanol–water partition coefficient (Wildman–Crippen LogP) is -0.678. The highest BCUT2D eigenvalue weighted by Crippen LogP contribution is 2.15. The molecule has 3 atom stereocenters. The Morgan fingerprint density at radius 3 is 2.44 bits per heavy atom. The van der Waals surface area contributed by atoms with Gasteiger partial charge in [0.2, 0.25) is 0 Å². The second kappa shape index (κ2) is 5.99. The summed E-state index contributed by atoms with van der Waals surface area (Å²) in [5.41, 5.74) is 0. The van der Waals surface area contributed by atoms with Gasteiger partial charge in [-0.2, -0.15) is 0 Å². The van der Waals surface area contributed by atoms with E-state index >= 15 is 0 Å². The van der Waals surface area contributed by atoms with E-state index in [1.807, 2.05) is 13.8 Å². The van der Waals surface area contributed by atoms with Gasteiger partial charge in [0.1, 0.15) is 6.04 Å². The highest BCUT2D eigenvalue weighted by Gasteiger charge is 2.38. The van der Waals surface area contributed by atoms with Crippen LogP contribution in [-0.2, 0) is 19.4 Å². The third-order valence-electron chi connectivity index (χ3n) is 2.93. The van der Waals surface area contributed by atoms with Gasteiger partial charge in [0, 0.05) is 6.04 Å². The molecule has 1 rings (SSSR count). The van der Waals surface area contributed by atoms with Gasteiger partial charge in [-0.15, -0.1) is 0 Å². The van der Waals surface area contributed by atoms with E-state index in [1.165, 1.54) is 7.11 Å². The van der Waals surface area contributed by atoms with Crippen molar-refractivity contribution in [2.75, 3.05) is 18.6 Å². The van der Waals surface area contributed by atoms with Crippen molar-refractivity contribution >= 4 is 15.8 Å². The maximum absolute atomic E-state index is 11.6. The smallest absolute Gasteiger partial charge is 0.322 e. The van der Waals surface area contributed by atoms with Crippen LogP contribution in [0.15, 0.2) is 0 Å². The first-order valence-electron chi connectivity index (χ1n) is 5.97. The van der Waals surface area contributed by atoms with Gasteiger partial charge < -0.3 is 9.84 Å². The van der Waals surface area contributed by atoms with E-state index in [1.54, 1.807) is 0 Å². The summed E-state index contributed by atoms with van der Waals surface area (Å²) in [6, 6.07) is -1.18. The molecule has 0 aliphatic carbocycles. The SMILES string of the molecule is COC(=O)C(CC(C)C)NC1CS(=O)(=O)CC1O. The van der Waals surface area contributed by atoms with Crippen LogP contribution in [0, 0.1) is 5.92 Å². The lowest BCUT2D eigenvalue weighted by atomic mass is 10.0. The number of aliphatic hydroxyl groups is 1. The van der Waals surface area contributed by atoms with Crippen molar-refractivity contribution in [1.82, 2.24) is 5.32 Å². The van der Waals surface area contributed by atoms with E-state index in [4.69, 9.17) is 0 Å². The minimum atomic E-state index is -3.22. The van der Waals surface area contributed by atoms with Crippen molar-refractivity contribution < 1.29 is 23.1 Å². The van der Waals surface area contributed by atoms with E-state index in [-0.39, 0.29) is 17.4 Å². The summed E-state index contributed by atoms with van der Waals surface area (Å²) in [6.07, 6.45) is -0.426. The molecular formula is C11H21NO5S. The molecule has 1 heterocycles. The van der Waals surface area contributed by atoms with Crippen LogP contribution in [-0.4, -0.2) is 56.3 Å². The minimum Gasteiger partial charge on any atom is -0.468 e. The van der Waals surface area contributed by atoms with Crippen molar-refractivity contribution in [3.63, 3.8) is 0 Å². The van der Waals surface area contributed by atoms with Crippen LogP contribution in [0.25, 0.3) is 0 Å². The van der Waals surface area contributed by atoms with E-state index in [2.05, 4.69) is 10.1 Å². The molecule has 2 N–H and O–H groups in total. The number of aliphatic hydroxyl groups excluding tert-OH is 1. The topological polar surface area (TPSA) is 92.7 Å². The average molecular weight is 279 g/mol. The number of hydrogen-bond acceptors (Lipinski definition) is 6. The zero-order chi connectivity index (χ0) is 13.9. The van der Waals surface area contributed by atoms with Gasteiger partial charge in [0.05, 0.1) is 24.7 Å². The molecule has 0 spiro atoms. The highest BCUT2D eigenvalue weighted by atomic mass is 32.2. The monoisotopic (exact) mass is 279 g/mol. The first kappa shape index (κ1) is 15.4. The van der Waals surface area contributed by atoms with Crippen LogP contribution in [0.4, 0.5) is 0 Å². The number of esters is 1. The van der Waals surface area contributed by atoms with Crippen LogP contribution in [0.5, 0.6) is 0 Å². The second-order valence-corrected chi connectivity index (χ2v) is 7.28. The van der Waals surface area contributed by atoms with Crippen LogP contribution < -0.4 is 5.32 Å². The normalized spacial score (nSPS) is 28.3. The van der Waals surface area contributed by atoms with Gasteiger partial charge in [0.15, 0.2) is 9.84 Å². The van der Waals surface area contributed by atoms with Gasteiger partial charge in [-0.1, -0.05) is 13.8 Å². The van der Waals surface area contributed by atoms with E-state index < -0.39 is 34.0 Å². The number of sulfone groups is 1. The van der Waals surface area contributed by atoms with Gasteiger partial charge in [0.25, 0.3) is 0 Å². The summed E-state index contributed by atoms with van der Waals surface area (Å²) in [6.45, 7) is 3.92. The van der Waals surface area contributed by atoms with Crippen molar-refractivity contribution in [3.05, 3.63) is 0 Å². The molecule has 0 aromatic carbocycles. The minimum absolute atomic E-state index is 0.139. The van der Waals surface area contributed by atoms with Gasteiger partial charge in [-0.25, -0.2) is 8.42 Å². The quantitative estimate of drug-likeness (QED) is 0.648. The third kappa shape index (κ3) is 4.22. The van der Waals surface area contributed by atoms with Crippen molar-refractivity contribution in [2.45, 2.75) is 38.5 Å². The van der Waals surface area contributed by atoms with Crippen molar-refractivity contribution in [2.24, 2.45) is 5.92 Å². The number of carbonyl (C=O) groups is 1. The van der Waals surface area contributed by atoms with Gasteiger partial charge in [-0.3, -0.25) is 10.1 Å². The van der Waals surface area contributed by atoms with Gasteiger partial charge in [-0.05, 0) is 12.3 Å². The first-order chi connectivity index (χ1) is 8.25. The molecule has 0 aromatic heterocycles. The molecule has 7 heteroatoms. The number of rotatable bonds is 5. The Morgan fingerprint density at radius 1 is 1.44 bits per heavy atom. The Kier molecular flexibility index (Phi) is 5.12. The van der Waals surface area contributed by atoms with Crippen LogP contribution >= 0.6 is 0 Å². The Labute approximate surface area is 108 Å². The molecule has 1 fully saturated rings. The Balaban J connectivity index is 2.69. The summed E-state index contributed by atoms with van der Waals surface area (Å²) < 4.78 is 27.4. The lowest BCUT2D eigenvalue weighted by molar-refractivity contribution is -0.143. The Bertz CT molecular complexity index is 392. The van der Waals surface area contributed by atoms with Crippen LogP contribution in [0.1, 0.15) is 20.3 Å². The number of carbonyl (C=O) groups excluding carboxylic acids is 1. The van der Waals surface area contributed by atoms with Crippen LogP contribution in [0.2, 0.25) is 0 Å². The molecule has 3 unspecified atom stereocenters. The molecule has 0 radical (unpaired) electrons. The van der Waals surface area contributed by atoms with Crippen molar-refractivity contribution in [1.29, 1.82) is 0 Å². The van der Waals surface area contributed by atoms with Crippen LogP contribution in [0.3, 0.4) is 0 Å².